The first-order valence-electron chi connectivity index (χ1n) is 8.08. The van der Waals surface area contributed by atoms with Crippen LogP contribution in [0.25, 0.3) is 28.2 Å². The van der Waals surface area contributed by atoms with Gasteiger partial charge in [0.1, 0.15) is 5.65 Å². The van der Waals surface area contributed by atoms with E-state index < -0.39 is 5.91 Å². The van der Waals surface area contributed by atoms with Crippen LogP contribution in [0.5, 0.6) is 0 Å². The highest BCUT2D eigenvalue weighted by Gasteiger charge is 2.10. The molecule has 5 nitrogen and oxygen atoms in total. The third kappa shape index (κ3) is 3.35. The van der Waals surface area contributed by atoms with Gasteiger partial charge in [-0.25, -0.2) is 4.98 Å². The zero-order valence-corrected chi connectivity index (χ0v) is 14.2. The second kappa shape index (κ2) is 6.73. The number of fused-ring (bicyclic) bond motifs is 1. The molecule has 0 unspecified atom stereocenters. The number of primary amides is 1. The third-order valence-corrected chi connectivity index (χ3v) is 4.19. The molecule has 2 heterocycles. The van der Waals surface area contributed by atoms with E-state index in [4.69, 9.17) is 5.73 Å². The lowest BCUT2D eigenvalue weighted by Crippen LogP contribution is -2.04. The number of hydrogen-bond donors (Lipinski definition) is 2. The van der Waals surface area contributed by atoms with Gasteiger partial charge in [-0.15, -0.1) is 0 Å². The van der Waals surface area contributed by atoms with E-state index in [1.807, 2.05) is 31.2 Å². The van der Waals surface area contributed by atoms with Crippen LogP contribution in [0.3, 0.4) is 0 Å². The first-order chi connectivity index (χ1) is 12.0. The summed E-state index contributed by atoms with van der Waals surface area (Å²) in [4.78, 5) is 30.4. The Labute approximate surface area is 145 Å². The van der Waals surface area contributed by atoms with Gasteiger partial charge < -0.3 is 10.7 Å². The molecule has 25 heavy (non-hydrogen) atoms. The number of amides is 1. The number of hydrogen-bond acceptors (Lipinski definition) is 3. The molecule has 3 N–H and O–H groups in total. The monoisotopic (exact) mass is 333 g/mol. The Morgan fingerprint density at radius 3 is 2.72 bits per heavy atom. The van der Waals surface area contributed by atoms with E-state index in [2.05, 4.69) is 9.97 Å². The maximum Gasteiger partial charge on any atom is 0.241 e. The number of carbonyl (C=O) groups excluding carboxylic acids is 2. The van der Waals surface area contributed by atoms with Crippen LogP contribution in [-0.2, 0) is 11.2 Å². The highest BCUT2D eigenvalue weighted by molar-refractivity contribution is 5.98. The molecule has 0 fully saturated rings. The molecule has 126 valence electrons. The summed E-state index contributed by atoms with van der Waals surface area (Å²) in [6, 6.07) is 7.89. The Balaban J connectivity index is 2.10. The fourth-order valence-corrected chi connectivity index (χ4v) is 2.88. The van der Waals surface area contributed by atoms with Crippen molar-refractivity contribution in [1.29, 1.82) is 0 Å². The zero-order valence-electron chi connectivity index (χ0n) is 14.2. The quantitative estimate of drug-likeness (QED) is 0.553. The van der Waals surface area contributed by atoms with Crippen molar-refractivity contribution in [3.8, 4) is 11.1 Å². The summed E-state index contributed by atoms with van der Waals surface area (Å²) in [7, 11) is 0. The number of nitrogens with one attached hydrogen (secondary N) is 1. The average molecular weight is 333 g/mol. The van der Waals surface area contributed by atoms with Gasteiger partial charge in [0.25, 0.3) is 0 Å². The fourth-order valence-electron chi connectivity index (χ4n) is 2.88. The molecule has 0 saturated heterocycles. The van der Waals surface area contributed by atoms with Crippen molar-refractivity contribution in [3.05, 3.63) is 59.4 Å². The summed E-state index contributed by atoms with van der Waals surface area (Å²) in [5.41, 5.74) is 10.3. The van der Waals surface area contributed by atoms with Gasteiger partial charge in [0.2, 0.25) is 5.91 Å². The number of H-pyrrole nitrogens is 1. The summed E-state index contributed by atoms with van der Waals surface area (Å²) in [5.74, 6) is -0.445. The van der Waals surface area contributed by atoms with E-state index in [1.165, 1.54) is 6.08 Å². The number of nitrogens with two attached hydrogens (primary N) is 1. The standard InChI is InChI=1S/C20H19N3O2/c1-3-13-4-5-14(8-17(13)12(2)24)16-9-18-15(6-7-19(21)25)10-22-20(18)23-11-16/h4-11H,3H2,1-2H3,(H2,21,25)(H,22,23)/b7-6+. The summed E-state index contributed by atoms with van der Waals surface area (Å²) < 4.78 is 0. The van der Waals surface area contributed by atoms with E-state index in [0.29, 0.717) is 0 Å². The molecular formula is C20H19N3O2. The predicted molar refractivity (Wildman–Crippen MR) is 99.1 cm³/mol. The predicted octanol–water partition coefficient (Wildman–Crippen LogP) is 3.49. The lowest BCUT2D eigenvalue weighted by atomic mass is 9.96. The Morgan fingerprint density at radius 2 is 2.04 bits per heavy atom. The highest BCUT2D eigenvalue weighted by Crippen LogP contribution is 2.27. The van der Waals surface area contributed by atoms with Crippen LogP contribution in [0.15, 0.2) is 42.7 Å². The van der Waals surface area contributed by atoms with Crippen molar-refractivity contribution in [1.82, 2.24) is 9.97 Å². The molecule has 0 bridgehead atoms. The Bertz CT molecular complexity index is 999. The van der Waals surface area contributed by atoms with Crippen LogP contribution >= 0.6 is 0 Å². The van der Waals surface area contributed by atoms with Gasteiger partial charge in [0.05, 0.1) is 0 Å². The lowest BCUT2D eigenvalue weighted by molar-refractivity contribution is -0.113. The minimum absolute atomic E-state index is 0.0551. The largest absolute Gasteiger partial charge is 0.366 e. The van der Waals surface area contributed by atoms with E-state index in [9.17, 15) is 9.59 Å². The van der Waals surface area contributed by atoms with Crippen molar-refractivity contribution in [2.24, 2.45) is 5.73 Å². The first-order valence-corrected chi connectivity index (χ1v) is 8.08. The van der Waals surface area contributed by atoms with E-state index >= 15 is 0 Å². The van der Waals surface area contributed by atoms with Crippen LogP contribution in [0, 0.1) is 0 Å². The number of pyridine rings is 1. The van der Waals surface area contributed by atoms with Gasteiger partial charge in [-0.2, -0.15) is 0 Å². The van der Waals surface area contributed by atoms with E-state index in [0.717, 1.165) is 45.3 Å². The van der Waals surface area contributed by atoms with Crippen LogP contribution in [0.1, 0.15) is 35.3 Å². The Morgan fingerprint density at radius 1 is 1.24 bits per heavy atom. The van der Waals surface area contributed by atoms with E-state index in [1.54, 1.807) is 25.4 Å². The molecule has 1 aromatic carbocycles. The Hall–Kier alpha value is -3.21. The minimum atomic E-state index is -0.500. The molecule has 0 saturated carbocycles. The molecule has 0 atom stereocenters. The van der Waals surface area contributed by atoms with Gasteiger partial charge in [0.15, 0.2) is 5.78 Å². The molecular weight excluding hydrogens is 314 g/mol. The second-order valence-corrected chi connectivity index (χ2v) is 5.88. The molecule has 0 spiro atoms. The number of aromatic amines is 1. The number of rotatable bonds is 5. The maximum atomic E-state index is 11.9. The summed E-state index contributed by atoms with van der Waals surface area (Å²) in [5, 5.41) is 0.888. The number of Topliss-reactive ketones (excluding diaryl/α,β-unsaturated/α-hetero) is 1. The van der Waals surface area contributed by atoms with Crippen molar-refractivity contribution in [3.63, 3.8) is 0 Å². The topological polar surface area (TPSA) is 88.8 Å². The van der Waals surface area contributed by atoms with Gasteiger partial charge in [0, 0.05) is 40.5 Å². The number of ketones is 1. The van der Waals surface area contributed by atoms with Crippen molar-refractivity contribution in [2.45, 2.75) is 20.3 Å². The molecule has 0 radical (unpaired) electrons. The fraction of sp³-hybridized carbons (Fsp3) is 0.150. The van der Waals surface area contributed by atoms with Crippen LogP contribution in [0.4, 0.5) is 0 Å². The van der Waals surface area contributed by atoms with Crippen molar-refractivity contribution < 1.29 is 9.59 Å². The lowest BCUT2D eigenvalue weighted by Gasteiger charge is -2.08. The number of aryl methyl sites for hydroxylation is 1. The van der Waals surface area contributed by atoms with Gasteiger partial charge in [-0.3, -0.25) is 9.59 Å². The van der Waals surface area contributed by atoms with Crippen molar-refractivity contribution >= 4 is 28.8 Å². The normalized spacial score (nSPS) is 11.3. The Kier molecular flexibility index (Phi) is 4.48. The number of nitrogens with zero attached hydrogens (tertiary/aromatic N) is 1. The molecule has 5 heteroatoms. The number of aromatic nitrogens is 2. The van der Waals surface area contributed by atoms with E-state index in [-0.39, 0.29) is 5.78 Å². The third-order valence-electron chi connectivity index (χ3n) is 4.19. The SMILES string of the molecule is CCc1ccc(-c2cnc3[nH]cc(/C=C/C(N)=O)c3c2)cc1C(C)=O. The highest BCUT2D eigenvalue weighted by atomic mass is 16.1. The summed E-state index contributed by atoms with van der Waals surface area (Å²) in [6.45, 7) is 3.62. The maximum absolute atomic E-state index is 11.9. The summed E-state index contributed by atoms with van der Waals surface area (Å²) >= 11 is 0. The number of carbonyl (C=O) groups is 2. The van der Waals surface area contributed by atoms with Crippen LogP contribution < -0.4 is 5.73 Å². The van der Waals surface area contributed by atoms with Crippen LogP contribution in [-0.4, -0.2) is 21.7 Å². The molecule has 2 aromatic heterocycles. The minimum Gasteiger partial charge on any atom is -0.366 e. The summed E-state index contributed by atoms with van der Waals surface area (Å²) in [6.07, 6.45) is 7.34. The molecule has 1 amide bonds. The molecule has 3 aromatic rings. The molecule has 0 aliphatic rings. The van der Waals surface area contributed by atoms with Crippen LogP contribution in [0.2, 0.25) is 0 Å². The van der Waals surface area contributed by atoms with Gasteiger partial charge in [-0.05, 0) is 42.7 Å². The second-order valence-electron chi connectivity index (χ2n) is 5.88. The zero-order chi connectivity index (χ0) is 18.0. The molecule has 3 rings (SSSR count). The van der Waals surface area contributed by atoms with Crippen molar-refractivity contribution in [2.75, 3.05) is 0 Å². The first kappa shape index (κ1) is 16.6. The average Bonchev–Trinajstić information content (AvgIpc) is 3.01. The number of benzene rings is 1. The van der Waals surface area contributed by atoms with Gasteiger partial charge in [-0.1, -0.05) is 19.1 Å². The molecule has 0 aliphatic heterocycles. The molecule has 0 aliphatic carbocycles. The smallest absolute Gasteiger partial charge is 0.241 e. The van der Waals surface area contributed by atoms with Gasteiger partial charge >= 0.3 is 0 Å².